The quantitative estimate of drug-likeness (QED) is 0.382. The maximum Gasteiger partial charge on any atom is 0.410 e. The van der Waals surface area contributed by atoms with Crippen molar-refractivity contribution in [3.8, 4) is 0 Å². The summed E-state index contributed by atoms with van der Waals surface area (Å²) in [5.74, 6) is -0.167. The normalized spacial score (nSPS) is 21.1. The van der Waals surface area contributed by atoms with Gasteiger partial charge in [-0.3, -0.25) is 14.7 Å². The molecule has 2 aromatic heterocycles. The Morgan fingerprint density at radius 1 is 1.06 bits per heavy atom. The van der Waals surface area contributed by atoms with Gasteiger partial charge in [0.2, 0.25) is 0 Å². The van der Waals surface area contributed by atoms with Gasteiger partial charge in [-0.05, 0) is 59.4 Å². The van der Waals surface area contributed by atoms with Crippen molar-refractivity contribution >= 4 is 41.3 Å². The maximum atomic E-state index is 13.7. The third-order valence-corrected chi connectivity index (χ3v) is 10.5. The van der Waals surface area contributed by atoms with E-state index in [1.165, 1.54) is 0 Å². The summed E-state index contributed by atoms with van der Waals surface area (Å²) >= 11 is 6.70. The van der Waals surface area contributed by atoms with Crippen LogP contribution in [0.2, 0.25) is 5.02 Å². The summed E-state index contributed by atoms with van der Waals surface area (Å²) in [6.45, 7) is 3.10. The molecular formula is C35H41ClN8O5. The van der Waals surface area contributed by atoms with E-state index in [1.807, 2.05) is 41.9 Å². The van der Waals surface area contributed by atoms with Gasteiger partial charge in [0, 0.05) is 77.5 Å². The molecule has 14 heteroatoms. The molecule has 258 valence electrons. The first-order valence-corrected chi connectivity index (χ1v) is 17.1. The molecule has 4 aliphatic rings. The van der Waals surface area contributed by atoms with E-state index in [9.17, 15) is 14.4 Å². The van der Waals surface area contributed by atoms with Gasteiger partial charge < -0.3 is 34.9 Å². The third kappa shape index (κ3) is 6.50. The van der Waals surface area contributed by atoms with Crippen LogP contribution in [0.5, 0.6) is 0 Å². The number of hydrogen-bond acceptors (Lipinski definition) is 8. The van der Waals surface area contributed by atoms with Crippen molar-refractivity contribution < 1.29 is 23.9 Å². The molecule has 3 N–H and O–H groups in total. The fourth-order valence-corrected chi connectivity index (χ4v) is 7.40. The number of amides is 4. The number of benzene rings is 1. The predicted molar refractivity (Wildman–Crippen MR) is 182 cm³/mol. The minimum absolute atomic E-state index is 0.167. The van der Waals surface area contributed by atoms with Gasteiger partial charge in [-0.1, -0.05) is 23.7 Å². The van der Waals surface area contributed by atoms with Crippen molar-refractivity contribution in [3.63, 3.8) is 0 Å². The number of aromatic nitrogens is 3. The average molecular weight is 689 g/mol. The number of nitrogens with zero attached hydrogens (tertiary/aromatic N) is 6. The zero-order valence-corrected chi connectivity index (χ0v) is 28.4. The van der Waals surface area contributed by atoms with Gasteiger partial charge in [-0.15, -0.1) is 0 Å². The van der Waals surface area contributed by atoms with E-state index in [0.717, 1.165) is 33.7 Å². The van der Waals surface area contributed by atoms with E-state index in [1.54, 1.807) is 35.6 Å². The number of rotatable bonds is 7. The molecule has 7 rings (SSSR count). The Labute approximate surface area is 290 Å². The zero-order chi connectivity index (χ0) is 34.3. The molecular weight excluding hydrogens is 648 g/mol. The van der Waals surface area contributed by atoms with Crippen LogP contribution in [0, 0.1) is 0 Å². The van der Waals surface area contributed by atoms with E-state index in [4.69, 9.17) is 31.8 Å². The number of nitrogens with one attached hydrogen (secondary N) is 1. The van der Waals surface area contributed by atoms with Crippen LogP contribution in [0.25, 0.3) is 11.6 Å². The molecule has 2 saturated heterocycles. The summed E-state index contributed by atoms with van der Waals surface area (Å²) in [6.07, 6.45) is 9.27. The number of methoxy groups -OCH3 is 1. The highest BCUT2D eigenvalue weighted by molar-refractivity contribution is 6.30. The topological polar surface area (TPSA) is 148 Å². The number of urea groups is 1. The van der Waals surface area contributed by atoms with E-state index in [0.29, 0.717) is 70.0 Å². The Balaban J connectivity index is 1.18. The van der Waals surface area contributed by atoms with Crippen LogP contribution in [-0.4, -0.2) is 105 Å². The molecule has 13 nitrogen and oxygen atoms in total. The van der Waals surface area contributed by atoms with Crippen LogP contribution in [0.3, 0.4) is 0 Å². The molecule has 2 aliphatic carbocycles. The molecule has 0 unspecified atom stereocenters. The van der Waals surface area contributed by atoms with Crippen LogP contribution in [0.1, 0.15) is 65.8 Å². The number of piperidine rings is 1. The highest BCUT2D eigenvalue weighted by Crippen LogP contribution is 2.46. The van der Waals surface area contributed by atoms with Gasteiger partial charge in [-0.25, -0.2) is 14.6 Å². The predicted octanol–water partition coefficient (Wildman–Crippen LogP) is 3.75. The standard InChI is InChI=1S/C35H41ClN8O5/c1-41-21-38-20-28(41)30(40-32(45)35(48-2)9-10-35)27-18-22-4-3-11-39-29(22)31(25-6-5-23(36)19-26(25)27)42-14-16-44(17-15-42)34(47)49-24-7-12-43(13-8-24)33(37)46/h3-6,11,18-21,24,30-31H,7-10,12-17H2,1-2H3,(H2,37,46)(H,40,45)/t30-,31+/m1/s1. The number of fused-ring (bicyclic) bond motifs is 2. The van der Waals surface area contributed by atoms with Crippen molar-refractivity contribution in [2.24, 2.45) is 12.8 Å². The van der Waals surface area contributed by atoms with Gasteiger partial charge in [0.1, 0.15) is 11.7 Å². The van der Waals surface area contributed by atoms with Crippen LogP contribution < -0.4 is 11.1 Å². The molecule has 0 spiro atoms. The van der Waals surface area contributed by atoms with Crippen molar-refractivity contribution in [1.29, 1.82) is 0 Å². The van der Waals surface area contributed by atoms with Crippen LogP contribution in [0.15, 0.2) is 49.1 Å². The summed E-state index contributed by atoms with van der Waals surface area (Å²) in [4.78, 5) is 53.3. The number of hydrogen-bond donors (Lipinski definition) is 2. The van der Waals surface area contributed by atoms with E-state index >= 15 is 0 Å². The maximum absolute atomic E-state index is 13.7. The lowest BCUT2D eigenvalue weighted by Gasteiger charge is -2.40. The Bertz CT molecular complexity index is 1770. The monoisotopic (exact) mass is 688 g/mol. The molecule has 0 bridgehead atoms. The second-order valence-corrected chi connectivity index (χ2v) is 13.6. The number of pyridine rings is 1. The number of imidazole rings is 1. The molecule has 2 aliphatic heterocycles. The molecule has 3 fully saturated rings. The summed E-state index contributed by atoms with van der Waals surface area (Å²) in [5, 5.41) is 3.87. The molecule has 3 aromatic rings. The number of carbonyl (C=O) groups excluding carboxylic acids is 3. The first-order valence-electron chi connectivity index (χ1n) is 16.7. The van der Waals surface area contributed by atoms with Crippen molar-refractivity contribution in [2.75, 3.05) is 46.4 Å². The Morgan fingerprint density at radius 2 is 1.82 bits per heavy atom. The largest absolute Gasteiger partial charge is 0.446 e. The minimum atomic E-state index is -0.830. The van der Waals surface area contributed by atoms with Crippen LogP contribution in [-0.2, 0) is 21.3 Å². The highest BCUT2D eigenvalue weighted by atomic mass is 35.5. The van der Waals surface area contributed by atoms with Crippen molar-refractivity contribution in [3.05, 3.63) is 82.2 Å². The Morgan fingerprint density at radius 3 is 2.47 bits per heavy atom. The smallest absolute Gasteiger partial charge is 0.410 e. The molecule has 2 atom stereocenters. The Kier molecular flexibility index (Phi) is 9.07. The molecule has 4 heterocycles. The highest BCUT2D eigenvalue weighted by Gasteiger charge is 2.51. The van der Waals surface area contributed by atoms with Gasteiger partial charge in [0.05, 0.1) is 36.0 Å². The van der Waals surface area contributed by atoms with Crippen LogP contribution in [0.4, 0.5) is 9.59 Å². The number of piperazine rings is 1. The summed E-state index contributed by atoms with van der Waals surface area (Å²) < 4.78 is 13.4. The fourth-order valence-electron chi connectivity index (χ4n) is 7.23. The lowest BCUT2D eigenvalue weighted by atomic mass is 9.89. The van der Waals surface area contributed by atoms with Crippen molar-refractivity contribution in [2.45, 2.75) is 49.5 Å². The summed E-state index contributed by atoms with van der Waals surface area (Å²) in [5.41, 5.74) is 9.95. The molecule has 49 heavy (non-hydrogen) atoms. The van der Waals surface area contributed by atoms with Gasteiger partial charge in [0.25, 0.3) is 5.91 Å². The minimum Gasteiger partial charge on any atom is -0.446 e. The van der Waals surface area contributed by atoms with Gasteiger partial charge in [-0.2, -0.15) is 0 Å². The first kappa shape index (κ1) is 33.1. The second kappa shape index (κ2) is 13.4. The summed E-state index contributed by atoms with van der Waals surface area (Å²) in [6, 6.07) is 8.59. The lowest BCUT2D eigenvalue weighted by Crippen LogP contribution is -2.51. The number of nitrogens with two attached hydrogens (primary N) is 1. The van der Waals surface area contributed by atoms with Gasteiger partial charge in [0.15, 0.2) is 0 Å². The van der Waals surface area contributed by atoms with Crippen LogP contribution >= 0.6 is 11.6 Å². The van der Waals surface area contributed by atoms with E-state index in [2.05, 4.69) is 21.3 Å². The SMILES string of the molecule is COC1(C(=O)N[C@H](C2=Cc3cccnc3[C@@H](N3CCN(C(=O)OC4CCN(C(N)=O)CC4)CC3)c3ccc(Cl)cc32)c2cncn2C)CC1. The Hall–Kier alpha value is -4.46. The average Bonchev–Trinajstić information content (AvgIpc) is 3.83. The van der Waals surface area contributed by atoms with E-state index in [-0.39, 0.29) is 24.1 Å². The molecule has 1 aromatic carbocycles. The molecule has 4 amide bonds. The number of halogens is 1. The molecule has 0 radical (unpaired) electrons. The fraction of sp³-hybridized carbons (Fsp3) is 0.457. The first-order chi connectivity index (χ1) is 23.7. The number of primary amides is 1. The number of carbonyl (C=O) groups is 3. The van der Waals surface area contributed by atoms with Crippen molar-refractivity contribution in [1.82, 2.24) is 34.6 Å². The lowest BCUT2D eigenvalue weighted by molar-refractivity contribution is -0.134. The number of ether oxygens (including phenoxy) is 2. The second-order valence-electron chi connectivity index (χ2n) is 13.2. The van der Waals surface area contributed by atoms with Gasteiger partial charge >= 0.3 is 12.1 Å². The number of likely N-dealkylation sites (tertiary alicyclic amines) is 1. The third-order valence-electron chi connectivity index (χ3n) is 10.3. The zero-order valence-electron chi connectivity index (χ0n) is 27.7. The van der Waals surface area contributed by atoms with E-state index < -0.39 is 17.7 Å². The number of aryl methyl sites for hydroxylation is 1. The summed E-state index contributed by atoms with van der Waals surface area (Å²) in [7, 11) is 3.49. The molecule has 1 saturated carbocycles.